The number of alkyl halides is 1. The van der Waals surface area contributed by atoms with E-state index in [4.69, 9.17) is 0 Å². The summed E-state index contributed by atoms with van der Waals surface area (Å²) in [6.07, 6.45) is 0. The minimum Gasteiger partial charge on any atom is -0.194 e. The molecule has 0 aromatic heterocycles. The molecule has 1 unspecified atom stereocenters. The van der Waals surface area contributed by atoms with Gasteiger partial charge in [0, 0.05) is 4.83 Å². The maximum Gasteiger partial charge on any atom is 0.0782 e. The third-order valence-corrected chi connectivity index (χ3v) is 2.12. The van der Waals surface area contributed by atoms with E-state index in [-0.39, 0.29) is 0 Å². The molecule has 1 aromatic carbocycles. The Labute approximate surface area is 85.6 Å². The third-order valence-electron chi connectivity index (χ3n) is 1.53. The molecule has 0 bridgehead atoms. The van der Waals surface area contributed by atoms with Crippen LogP contribution in [0.3, 0.4) is 0 Å². The molecule has 0 aliphatic rings. The normalized spacial score (nSPS) is 11.8. The van der Waals surface area contributed by atoms with Gasteiger partial charge < -0.3 is 0 Å². The number of aliphatic imine (C=N–C) groups is 1. The van der Waals surface area contributed by atoms with Gasteiger partial charge >= 0.3 is 0 Å². The molecule has 0 saturated carbocycles. The van der Waals surface area contributed by atoms with Crippen LogP contribution in [0.2, 0.25) is 0 Å². The Morgan fingerprint density at radius 3 is 2.75 bits per heavy atom. The summed E-state index contributed by atoms with van der Waals surface area (Å²) in [7, 11) is 0. The first kappa shape index (κ1) is 9.59. The molecule has 1 rings (SSSR count). The first-order chi connectivity index (χ1) is 5.75. The maximum atomic E-state index is 4.55. The summed E-state index contributed by atoms with van der Waals surface area (Å²) < 4.78 is 0. The lowest BCUT2D eigenvalue weighted by molar-refractivity contribution is 1.12. The number of hydrogen-bond donors (Lipinski definition) is 0. The SMILES string of the molecule is CC(Br)c1ccccc1N=C=S. The highest BCUT2D eigenvalue weighted by Gasteiger charge is 2.04. The minimum atomic E-state index is 0.292. The van der Waals surface area contributed by atoms with Crippen molar-refractivity contribution in [1.29, 1.82) is 0 Å². The van der Waals surface area contributed by atoms with Crippen LogP contribution < -0.4 is 0 Å². The molecule has 1 aromatic rings. The van der Waals surface area contributed by atoms with Crippen LogP contribution >= 0.6 is 28.1 Å². The van der Waals surface area contributed by atoms with E-state index in [9.17, 15) is 0 Å². The number of benzene rings is 1. The number of thiocarbonyl (C=S) groups is 1. The highest BCUT2D eigenvalue weighted by Crippen LogP contribution is 2.29. The zero-order valence-corrected chi connectivity index (χ0v) is 9.02. The number of para-hydroxylation sites is 1. The van der Waals surface area contributed by atoms with Crippen LogP contribution in [0.15, 0.2) is 29.3 Å². The van der Waals surface area contributed by atoms with E-state index in [1.807, 2.05) is 24.3 Å². The summed E-state index contributed by atoms with van der Waals surface area (Å²) in [4.78, 5) is 4.26. The molecular weight excluding hydrogens is 234 g/mol. The van der Waals surface area contributed by atoms with Gasteiger partial charge in [0.1, 0.15) is 0 Å². The van der Waals surface area contributed by atoms with Gasteiger partial charge in [-0.15, -0.1) is 0 Å². The smallest absolute Gasteiger partial charge is 0.0782 e. The van der Waals surface area contributed by atoms with Crippen LogP contribution in [-0.2, 0) is 0 Å². The zero-order chi connectivity index (χ0) is 8.97. The Balaban J connectivity index is 3.17. The van der Waals surface area contributed by atoms with E-state index in [0.29, 0.717) is 4.83 Å². The molecule has 3 heteroatoms. The van der Waals surface area contributed by atoms with Gasteiger partial charge in [-0.3, -0.25) is 0 Å². The average Bonchev–Trinajstić information content (AvgIpc) is 2.05. The summed E-state index contributed by atoms with van der Waals surface area (Å²) in [5, 5.41) is 2.37. The van der Waals surface area contributed by atoms with Gasteiger partial charge in [-0.25, -0.2) is 0 Å². The molecule has 0 N–H and O–H groups in total. The molecule has 1 atom stereocenters. The molecule has 0 fully saturated rings. The molecule has 1 nitrogen and oxygen atoms in total. The summed E-state index contributed by atoms with van der Waals surface area (Å²) in [6.45, 7) is 2.05. The second-order valence-corrected chi connectivity index (χ2v) is 3.93. The average molecular weight is 242 g/mol. The van der Waals surface area contributed by atoms with Crippen LogP contribution in [0, 0.1) is 0 Å². The van der Waals surface area contributed by atoms with Gasteiger partial charge in [0.15, 0.2) is 0 Å². The van der Waals surface area contributed by atoms with E-state index >= 15 is 0 Å². The van der Waals surface area contributed by atoms with Crippen LogP contribution in [0.1, 0.15) is 17.3 Å². The summed E-state index contributed by atoms with van der Waals surface area (Å²) in [5.41, 5.74) is 2.02. The van der Waals surface area contributed by atoms with Crippen LogP contribution in [0.4, 0.5) is 5.69 Å². The van der Waals surface area contributed by atoms with Gasteiger partial charge in [0.05, 0.1) is 10.8 Å². The Hall–Kier alpha value is -0.500. The summed E-state index contributed by atoms with van der Waals surface area (Å²) in [5.74, 6) is 0. The predicted octanol–water partition coefficient (Wildman–Crippen LogP) is 3.88. The molecule has 0 heterocycles. The van der Waals surface area contributed by atoms with Crippen LogP contribution in [-0.4, -0.2) is 5.16 Å². The number of nitrogens with zero attached hydrogens (tertiary/aromatic N) is 1. The highest BCUT2D eigenvalue weighted by molar-refractivity contribution is 9.09. The van der Waals surface area contributed by atoms with Crippen molar-refractivity contribution in [3.8, 4) is 0 Å². The maximum absolute atomic E-state index is 4.55. The van der Waals surface area contributed by atoms with Crippen LogP contribution in [0.25, 0.3) is 0 Å². The number of halogens is 1. The van der Waals surface area contributed by atoms with Crippen molar-refractivity contribution >= 4 is 39.0 Å². The Bertz CT molecular complexity index is 316. The molecule has 0 aliphatic carbocycles. The second kappa shape index (κ2) is 4.51. The number of isothiocyanates is 1. The minimum absolute atomic E-state index is 0.292. The molecule has 0 spiro atoms. The summed E-state index contributed by atoms with van der Waals surface area (Å²) in [6, 6.07) is 7.86. The Kier molecular flexibility index (Phi) is 3.60. The van der Waals surface area contributed by atoms with E-state index < -0.39 is 0 Å². The van der Waals surface area contributed by atoms with Crippen molar-refractivity contribution in [1.82, 2.24) is 0 Å². The second-order valence-electron chi connectivity index (χ2n) is 2.38. The molecule has 0 radical (unpaired) electrons. The first-order valence-corrected chi connectivity index (χ1v) is 4.89. The van der Waals surface area contributed by atoms with E-state index in [0.717, 1.165) is 11.3 Å². The Morgan fingerprint density at radius 2 is 2.17 bits per heavy atom. The highest BCUT2D eigenvalue weighted by atomic mass is 79.9. The Morgan fingerprint density at radius 1 is 1.50 bits per heavy atom. The van der Waals surface area contributed by atoms with Crippen molar-refractivity contribution in [2.45, 2.75) is 11.8 Å². The first-order valence-electron chi connectivity index (χ1n) is 3.56. The fraction of sp³-hybridized carbons (Fsp3) is 0.222. The standard InChI is InChI=1S/C9H8BrNS/c1-7(10)8-4-2-3-5-9(8)11-6-12/h2-5,7H,1H3. The number of rotatable bonds is 2. The molecule has 62 valence electrons. The van der Waals surface area contributed by atoms with Crippen molar-refractivity contribution in [2.24, 2.45) is 4.99 Å². The molecule has 0 saturated heterocycles. The number of hydrogen-bond acceptors (Lipinski definition) is 2. The largest absolute Gasteiger partial charge is 0.194 e. The lowest BCUT2D eigenvalue weighted by Gasteiger charge is -2.05. The monoisotopic (exact) mass is 241 g/mol. The van der Waals surface area contributed by atoms with E-state index in [2.05, 4.69) is 45.2 Å². The molecule has 12 heavy (non-hydrogen) atoms. The third kappa shape index (κ3) is 2.24. The van der Waals surface area contributed by atoms with E-state index in [1.54, 1.807) is 0 Å². The van der Waals surface area contributed by atoms with E-state index in [1.165, 1.54) is 0 Å². The van der Waals surface area contributed by atoms with Gasteiger partial charge in [-0.1, -0.05) is 34.1 Å². The topological polar surface area (TPSA) is 12.4 Å². The quantitative estimate of drug-likeness (QED) is 0.435. The molecule has 0 amide bonds. The fourth-order valence-corrected chi connectivity index (χ4v) is 1.46. The lowest BCUT2D eigenvalue weighted by atomic mass is 10.1. The zero-order valence-electron chi connectivity index (χ0n) is 6.62. The van der Waals surface area contributed by atoms with Gasteiger partial charge in [0.25, 0.3) is 0 Å². The molecular formula is C9H8BrNS. The van der Waals surface area contributed by atoms with Gasteiger partial charge in [0.2, 0.25) is 0 Å². The lowest BCUT2D eigenvalue weighted by Crippen LogP contribution is -1.82. The van der Waals surface area contributed by atoms with Crippen LogP contribution in [0.5, 0.6) is 0 Å². The van der Waals surface area contributed by atoms with Gasteiger partial charge in [-0.05, 0) is 30.8 Å². The van der Waals surface area contributed by atoms with Crippen molar-refractivity contribution in [2.75, 3.05) is 0 Å². The van der Waals surface area contributed by atoms with Crippen molar-refractivity contribution < 1.29 is 0 Å². The summed E-state index contributed by atoms with van der Waals surface area (Å²) >= 11 is 8.03. The fourth-order valence-electron chi connectivity index (χ4n) is 0.975. The molecule has 0 aliphatic heterocycles. The van der Waals surface area contributed by atoms with Gasteiger partial charge in [-0.2, -0.15) is 4.99 Å². The van der Waals surface area contributed by atoms with Crippen molar-refractivity contribution in [3.05, 3.63) is 29.8 Å². The van der Waals surface area contributed by atoms with Crippen molar-refractivity contribution in [3.63, 3.8) is 0 Å². The predicted molar refractivity (Wildman–Crippen MR) is 58.5 cm³/mol.